The number of carbonyl (C=O) groups is 1. The van der Waals surface area contributed by atoms with Gasteiger partial charge in [-0.05, 0) is 65.9 Å². The van der Waals surface area contributed by atoms with Crippen molar-refractivity contribution in [1.82, 2.24) is 9.47 Å². The third kappa shape index (κ3) is 3.90. The molecule has 1 aliphatic rings. The highest BCUT2D eigenvalue weighted by atomic mass is 35.5. The summed E-state index contributed by atoms with van der Waals surface area (Å²) >= 11 is 8.00. The molecule has 2 amide bonds. The van der Waals surface area contributed by atoms with Gasteiger partial charge in [0.25, 0.3) is 0 Å². The molecule has 160 valence electrons. The van der Waals surface area contributed by atoms with Crippen LogP contribution in [0, 0.1) is 0 Å². The molecule has 1 atom stereocenters. The number of hydrogen-bond donors (Lipinski definition) is 1. The number of anilines is 1. The number of halogens is 1. The molecule has 1 aromatic heterocycles. The zero-order valence-electron chi connectivity index (χ0n) is 17.5. The molecular formula is C26H22ClN3OS. The average molecular weight is 460 g/mol. The number of nitrogens with one attached hydrogen (secondary N) is 1. The first kappa shape index (κ1) is 20.7. The van der Waals surface area contributed by atoms with E-state index < -0.39 is 0 Å². The maximum Gasteiger partial charge on any atom is 0.322 e. The molecule has 4 nitrogen and oxygen atoms in total. The SMILES string of the molecule is CSc1cccc(NC(=O)N2Cc3ccccc3-n3cccc3[C@@H]2c2cccc(Cl)c2)c1. The zero-order valence-corrected chi connectivity index (χ0v) is 19.1. The second kappa shape index (κ2) is 8.77. The van der Waals surface area contributed by atoms with E-state index in [0.717, 1.165) is 33.1 Å². The zero-order chi connectivity index (χ0) is 22.1. The van der Waals surface area contributed by atoms with Gasteiger partial charge in [-0.3, -0.25) is 0 Å². The molecule has 0 aliphatic carbocycles. The number of aromatic nitrogens is 1. The van der Waals surface area contributed by atoms with Crippen molar-refractivity contribution in [1.29, 1.82) is 0 Å². The van der Waals surface area contributed by atoms with Crippen LogP contribution < -0.4 is 5.32 Å². The summed E-state index contributed by atoms with van der Waals surface area (Å²) in [5.74, 6) is 0. The maximum absolute atomic E-state index is 13.7. The summed E-state index contributed by atoms with van der Waals surface area (Å²) in [6.07, 6.45) is 4.07. The summed E-state index contributed by atoms with van der Waals surface area (Å²) in [6.45, 7) is 0.475. The molecule has 3 aromatic carbocycles. The average Bonchev–Trinajstić information content (AvgIpc) is 3.23. The molecule has 4 aromatic rings. The van der Waals surface area contributed by atoms with E-state index in [2.05, 4.69) is 34.3 Å². The Morgan fingerprint density at radius 3 is 2.69 bits per heavy atom. The summed E-state index contributed by atoms with van der Waals surface area (Å²) in [5.41, 5.74) is 4.94. The fourth-order valence-electron chi connectivity index (χ4n) is 4.26. The Bertz CT molecular complexity index is 1290. The van der Waals surface area contributed by atoms with Crippen LogP contribution in [0.5, 0.6) is 0 Å². The van der Waals surface area contributed by atoms with Crippen LogP contribution in [0.4, 0.5) is 10.5 Å². The second-order valence-electron chi connectivity index (χ2n) is 7.68. The number of benzene rings is 3. The first-order valence-electron chi connectivity index (χ1n) is 10.4. The van der Waals surface area contributed by atoms with Gasteiger partial charge in [-0.1, -0.05) is 48.0 Å². The standard InChI is InChI=1S/C26H22ClN3OS/c1-32-22-11-5-10-21(16-22)28-26(31)30-17-19-7-2-3-12-23(19)29-14-6-13-24(29)25(30)18-8-4-9-20(27)15-18/h2-16,25H,17H2,1H3,(H,28,31)/t25-/m0/s1. The number of fused-ring (bicyclic) bond motifs is 3. The molecule has 5 rings (SSSR count). The van der Waals surface area contributed by atoms with Gasteiger partial charge < -0.3 is 14.8 Å². The second-order valence-corrected chi connectivity index (χ2v) is 9.00. The lowest BCUT2D eigenvalue weighted by atomic mass is 10.0. The van der Waals surface area contributed by atoms with E-state index in [4.69, 9.17) is 11.6 Å². The Hall–Kier alpha value is -3.15. The summed E-state index contributed by atoms with van der Waals surface area (Å²) in [7, 11) is 0. The summed E-state index contributed by atoms with van der Waals surface area (Å²) in [6, 6.07) is 27.5. The van der Waals surface area contributed by atoms with Gasteiger partial charge in [0, 0.05) is 27.5 Å². The van der Waals surface area contributed by atoms with Crippen LogP contribution in [-0.4, -0.2) is 21.8 Å². The molecule has 0 bridgehead atoms. The van der Waals surface area contributed by atoms with Crippen LogP contribution >= 0.6 is 23.4 Å². The van der Waals surface area contributed by atoms with Crippen LogP contribution in [0.2, 0.25) is 5.02 Å². The van der Waals surface area contributed by atoms with E-state index in [9.17, 15) is 4.79 Å². The van der Waals surface area contributed by atoms with Crippen LogP contribution in [0.1, 0.15) is 22.9 Å². The van der Waals surface area contributed by atoms with Gasteiger partial charge in [0.05, 0.1) is 18.3 Å². The fraction of sp³-hybridized carbons (Fsp3) is 0.115. The Balaban J connectivity index is 1.62. The highest BCUT2D eigenvalue weighted by Crippen LogP contribution is 2.37. The Kier molecular flexibility index (Phi) is 5.68. The summed E-state index contributed by atoms with van der Waals surface area (Å²) < 4.78 is 2.17. The van der Waals surface area contributed by atoms with Crippen molar-refractivity contribution in [2.45, 2.75) is 17.5 Å². The van der Waals surface area contributed by atoms with Gasteiger partial charge in [0.15, 0.2) is 0 Å². The lowest BCUT2D eigenvalue weighted by molar-refractivity contribution is 0.194. The maximum atomic E-state index is 13.7. The van der Waals surface area contributed by atoms with Crippen molar-refractivity contribution in [3.8, 4) is 5.69 Å². The number of carbonyl (C=O) groups excluding carboxylic acids is 1. The predicted octanol–water partition coefficient (Wildman–Crippen LogP) is 6.99. The van der Waals surface area contributed by atoms with E-state index in [1.54, 1.807) is 11.8 Å². The molecular weight excluding hydrogens is 438 g/mol. The number of nitrogens with zero attached hydrogens (tertiary/aromatic N) is 2. The normalized spacial score (nSPS) is 14.9. The van der Waals surface area contributed by atoms with Crippen molar-refractivity contribution in [3.05, 3.63) is 113 Å². The molecule has 0 spiro atoms. The molecule has 0 saturated heterocycles. The molecule has 1 N–H and O–H groups in total. The van der Waals surface area contributed by atoms with Crippen LogP contribution in [-0.2, 0) is 6.54 Å². The van der Waals surface area contributed by atoms with Crippen LogP contribution in [0.3, 0.4) is 0 Å². The lowest BCUT2D eigenvalue weighted by Crippen LogP contribution is -2.37. The van der Waals surface area contributed by atoms with Crippen molar-refractivity contribution in [2.24, 2.45) is 0 Å². The fourth-order valence-corrected chi connectivity index (χ4v) is 4.92. The molecule has 0 unspecified atom stereocenters. The Morgan fingerprint density at radius 1 is 1.00 bits per heavy atom. The number of thioether (sulfide) groups is 1. The number of para-hydroxylation sites is 1. The van der Waals surface area contributed by atoms with Gasteiger partial charge in [0.2, 0.25) is 0 Å². The van der Waals surface area contributed by atoms with Gasteiger partial charge in [-0.2, -0.15) is 0 Å². The highest BCUT2D eigenvalue weighted by molar-refractivity contribution is 7.98. The van der Waals surface area contributed by atoms with Crippen LogP contribution in [0.25, 0.3) is 5.69 Å². The van der Waals surface area contributed by atoms with Crippen molar-refractivity contribution in [3.63, 3.8) is 0 Å². The molecule has 0 fully saturated rings. The van der Waals surface area contributed by atoms with E-state index in [-0.39, 0.29) is 12.1 Å². The van der Waals surface area contributed by atoms with Gasteiger partial charge in [-0.15, -0.1) is 11.8 Å². The van der Waals surface area contributed by atoms with Crippen LogP contribution in [0.15, 0.2) is 96.0 Å². The van der Waals surface area contributed by atoms with Crippen molar-refractivity contribution in [2.75, 3.05) is 11.6 Å². The molecule has 2 heterocycles. The first-order chi connectivity index (χ1) is 15.6. The minimum absolute atomic E-state index is 0.155. The van der Waals surface area contributed by atoms with E-state index in [1.807, 2.05) is 77.9 Å². The molecule has 6 heteroatoms. The summed E-state index contributed by atoms with van der Waals surface area (Å²) in [5, 5.41) is 3.76. The number of hydrogen-bond acceptors (Lipinski definition) is 2. The predicted molar refractivity (Wildman–Crippen MR) is 132 cm³/mol. The number of amides is 2. The lowest BCUT2D eigenvalue weighted by Gasteiger charge is -2.31. The number of urea groups is 1. The monoisotopic (exact) mass is 459 g/mol. The topological polar surface area (TPSA) is 37.3 Å². The van der Waals surface area contributed by atoms with E-state index in [1.165, 1.54) is 0 Å². The summed E-state index contributed by atoms with van der Waals surface area (Å²) in [4.78, 5) is 16.7. The third-order valence-corrected chi connectivity index (χ3v) is 6.67. The Labute approximate surface area is 196 Å². The molecule has 0 saturated carbocycles. The highest BCUT2D eigenvalue weighted by Gasteiger charge is 2.33. The van der Waals surface area contributed by atoms with Gasteiger partial charge in [0.1, 0.15) is 0 Å². The molecule has 1 aliphatic heterocycles. The Morgan fingerprint density at radius 2 is 1.84 bits per heavy atom. The van der Waals surface area contributed by atoms with Gasteiger partial charge >= 0.3 is 6.03 Å². The third-order valence-electron chi connectivity index (χ3n) is 5.71. The molecule has 32 heavy (non-hydrogen) atoms. The van der Waals surface area contributed by atoms with Crippen molar-refractivity contribution >= 4 is 35.1 Å². The quantitative estimate of drug-likeness (QED) is 0.335. The first-order valence-corrected chi connectivity index (χ1v) is 12.0. The van der Waals surface area contributed by atoms with E-state index in [0.29, 0.717) is 11.6 Å². The minimum Gasteiger partial charge on any atom is -0.318 e. The van der Waals surface area contributed by atoms with Crippen molar-refractivity contribution < 1.29 is 4.79 Å². The number of rotatable bonds is 3. The molecule has 0 radical (unpaired) electrons. The van der Waals surface area contributed by atoms with E-state index >= 15 is 0 Å². The van der Waals surface area contributed by atoms with Gasteiger partial charge in [-0.25, -0.2) is 4.79 Å². The smallest absolute Gasteiger partial charge is 0.318 e. The largest absolute Gasteiger partial charge is 0.322 e. The minimum atomic E-state index is -0.292.